The number of unbranched alkanes of at least 4 members (excludes halogenated alkanes) is 4. The second kappa shape index (κ2) is 15.0. The summed E-state index contributed by atoms with van der Waals surface area (Å²) in [5.74, 6) is -1.69. The number of benzene rings is 1. The normalized spacial score (nSPS) is 12.4. The summed E-state index contributed by atoms with van der Waals surface area (Å²) in [4.78, 5) is 35.0. The van der Waals surface area contributed by atoms with Crippen molar-refractivity contribution in [2.45, 2.75) is 63.7 Å². The first-order chi connectivity index (χ1) is 14.4. The minimum absolute atomic E-state index is 0.0944. The molecule has 0 radical (unpaired) electrons. The Labute approximate surface area is 177 Å². The topological polar surface area (TPSA) is 125 Å². The fourth-order valence-corrected chi connectivity index (χ4v) is 2.76. The molecule has 0 unspecified atom stereocenters. The number of amides is 2. The van der Waals surface area contributed by atoms with E-state index in [-0.39, 0.29) is 19.6 Å². The Balaban J connectivity index is 2.24. The predicted octanol–water partition coefficient (Wildman–Crippen LogP) is 2.76. The van der Waals surface area contributed by atoms with Crippen molar-refractivity contribution < 1.29 is 29.3 Å². The molecule has 0 heterocycles. The molecule has 1 rings (SSSR count). The molecule has 0 bridgehead atoms. The first-order valence-corrected chi connectivity index (χ1v) is 10.2. The summed E-state index contributed by atoms with van der Waals surface area (Å²) in [6.07, 6.45) is 4.50. The molecule has 0 aromatic heterocycles. The number of carbonyl (C=O) groups is 3. The Morgan fingerprint density at radius 3 is 2.47 bits per heavy atom. The maximum Gasteiger partial charge on any atom is 0.407 e. The number of hydrogen-bond acceptors (Lipinski definition) is 5. The summed E-state index contributed by atoms with van der Waals surface area (Å²) in [5, 5.41) is 24.0. The first kappa shape index (κ1) is 25.2. The number of nitrogens with one attached hydrogen (secondary N) is 2. The van der Waals surface area contributed by atoms with E-state index in [1.807, 2.05) is 36.4 Å². The third-order valence-corrected chi connectivity index (χ3v) is 4.40. The van der Waals surface area contributed by atoms with Crippen LogP contribution in [0.1, 0.15) is 50.5 Å². The number of allylic oxidation sites excluding steroid dienone is 1. The second-order valence-electron chi connectivity index (χ2n) is 7.04. The molecule has 0 aliphatic carbocycles. The number of aliphatic hydroxyl groups excluding tert-OH is 1. The number of carboxylic acid groups (broad SMARTS) is 1. The van der Waals surface area contributed by atoms with Crippen LogP contribution in [0.2, 0.25) is 0 Å². The highest BCUT2D eigenvalue weighted by atomic mass is 16.5. The maximum atomic E-state index is 12.0. The molecule has 8 nitrogen and oxygen atoms in total. The molecule has 1 aromatic carbocycles. The molecule has 0 saturated carbocycles. The number of carboxylic acids is 1. The lowest BCUT2D eigenvalue weighted by molar-refractivity contribution is -0.142. The highest BCUT2D eigenvalue weighted by Crippen LogP contribution is 2.08. The van der Waals surface area contributed by atoms with Gasteiger partial charge in [0.1, 0.15) is 12.6 Å². The van der Waals surface area contributed by atoms with Crippen molar-refractivity contribution in [3.63, 3.8) is 0 Å². The van der Waals surface area contributed by atoms with Crippen LogP contribution in [-0.4, -0.2) is 46.9 Å². The molecule has 2 atom stereocenters. The molecule has 2 amide bonds. The second-order valence-corrected chi connectivity index (χ2v) is 7.04. The highest BCUT2D eigenvalue weighted by Gasteiger charge is 2.21. The lowest BCUT2D eigenvalue weighted by Crippen LogP contribution is -2.43. The van der Waals surface area contributed by atoms with E-state index in [0.717, 1.165) is 31.2 Å². The number of ether oxygens (including phenoxy) is 1. The van der Waals surface area contributed by atoms with Crippen molar-refractivity contribution in [2.75, 3.05) is 6.54 Å². The molecular weight excluding hydrogens is 388 g/mol. The SMILES string of the molecule is C=CCCCCCC[C@H](NC(=O)C[C@@H](O)CNC(=O)OCc1ccccc1)C(=O)O. The Bertz CT molecular complexity index is 665. The lowest BCUT2D eigenvalue weighted by Gasteiger charge is -2.16. The fourth-order valence-electron chi connectivity index (χ4n) is 2.76. The van der Waals surface area contributed by atoms with Crippen LogP contribution in [0, 0.1) is 0 Å². The molecule has 30 heavy (non-hydrogen) atoms. The van der Waals surface area contributed by atoms with Gasteiger partial charge in [-0.05, 0) is 24.8 Å². The van der Waals surface area contributed by atoms with Crippen LogP contribution < -0.4 is 10.6 Å². The Morgan fingerprint density at radius 1 is 1.10 bits per heavy atom. The largest absolute Gasteiger partial charge is 0.480 e. The first-order valence-electron chi connectivity index (χ1n) is 10.2. The van der Waals surface area contributed by atoms with E-state index in [0.29, 0.717) is 12.8 Å². The van der Waals surface area contributed by atoms with Crippen molar-refractivity contribution in [3.05, 3.63) is 48.6 Å². The summed E-state index contributed by atoms with van der Waals surface area (Å²) in [6, 6.07) is 8.13. The van der Waals surface area contributed by atoms with Crippen LogP contribution in [-0.2, 0) is 20.9 Å². The van der Waals surface area contributed by atoms with Gasteiger partial charge in [-0.3, -0.25) is 4.79 Å². The summed E-state index contributed by atoms with van der Waals surface area (Å²) >= 11 is 0. The molecule has 0 aliphatic rings. The summed E-state index contributed by atoms with van der Waals surface area (Å²) in [6.45, 7) is 3.57. The van der Waals surface area contributed by atoms with Crippen molar-refractivity contribution in [3.8, 4) is 0 Å². The molecule has 0 aliphatic heterocycles. The van der Waals surface area contributed by atoms with E-state index in [2.05, 4.69) is 17.2 Å². The average molecular weight is 421 g/mol. The third-order valence-electron chi connectivity index (χ3n) is 4.40. The predicted molar refractivity (Wildman–Crippen MR) is 113 cm³/mol. The van der Waals surface area contributed by atoms with Gasteiger partial charge in [-0.1, -0.05) is 55.7 Å². The lowest BCUT2D eigenvalue weighted by atomic mass is 10.1. The maximum absolute atomic E-state index is 12.0. The molecule has 0 saturated heterocycles. The zero-order valence-corrected chi connectivity index (χ0v) is 17.2. The standard InChI is InChI=1S/C22H32N2O6/c1-2-3-4-5-6-10-13-19(21(27)28)24-20(26)14-18(25)15-23-22(29)30-16-17-11-8-7-9-12-17/h2,7-9,11-12,18-19,25H,1,3-6,10,13-16H2,(H,23,29)(H,24,26)(H,27,28)/t18-,19+/m1/s1. The van der Waals surface area contributed by atoms with E-state index in [9.17, 15) is 24.6 Å². The Kier molecular flexibility index (Phi) is 12.6. The summed E-state index contributed by atoms with van der Waals surface area (Å²) in [5.41, 5.74) is 0.827. The molecule has 4 N–H and O–H groups in total. The summed E-state index contributed by atoms with van der Waals surface area (Å²) in [7, 11) is 0. The van der Waals surface area contributed by atoms with Gasteiger partial charge >= 0.3 is 12.1 Å². The number of aliphatic hydroxyl groups is 1. The average Bonchev–Trinajstić information content (AvgIpc) is 2.72. The van der Waals surface area contributed by atoms with Gasteiger partial charge in [-0.15, -0.1) is 6.58 Å². The number of carbonyl (C=O) groups excluding carboxylic acids is 2. The van der Waals surface area contributed by atoms with Gasteiger partial charge in [-0.25, -0.2) is 9.59 Å². The van der Waals surface area contributed by atoms with Crippen LogP contribution in [0.4, 0.5) is 4.79 Å². The van der Waals surface area contributed by atoms with Gasteiger partial charge in [0.2, 0.25) is 5.91 Å². The van der Waals surface area contributed by atoms with Gasteiger partial charge in [0.05, 0.1) is 12.5 Å². The number of rotatable bonds is 15. The summed E-state index contributed by atoms with van der Waals surface area (Å²) < 4.78 is 5.01. The zero-order valence-electron chi connectivity index (χ0n) is 17.2. The fraction of sp³-hybridized carbons (Fsp3) is 0.500. The van der Waals surface area contributed by atoms with E-state index in [4.69, 9.17) is 4.74 Å². The van der Waals surface area contributed by atoms with Crippen LogP contribution in [0.3, 0.4) is 0 Å². The zero-order chi connectivity index (χ0) is 22.2. The Morgan fingerprint density at radius 2 is 1.80 bits per heavy atom. The van der Waals surface area contributed by atoms with Gasteiger partial charge in [-0.2, -0.15) is 0 Å². The van der Waals surface area contributed by atoms with Crippen LogP contribution in [0.5, 0.6) is 0 Å². The monoisotopic (exact) mass is 420 g/mol. The molecule has 166 valence electrons. The smallest absolute Gasteiger partial charge is 0.407 e. The van der Waals surface area contributed by atoms with Crippen LogP contribution in [0.25, 0.3) is 0 Å². The quantitative estimate of drug-likeness (QED) is 0.255. The number of alkyl carbamates (subject to hydrolysis) is 1. The minimum atomic E-state index is -1.15. The van der Waals surface area contributed by atoms with Gasteiger partial charge in [0.25, 0.3) is 0 Å². The van der Waals surface area contributed by atoms with Gasteiger partial charge < -0.3 is 25.6 Å². The highest BCUT2D eigenvalue weighted by molar-refractivity contribution is 5.83. The van der Waals surface area contributed by atoms with E-state index < -0.39 is 30.1 Å². The van der Waals surface area contributed by atoms with Crippen LogP contribution >= 0.6 is 0 Å². The third kappa shape index (κ3) is 11.9. The van der Waals surface area contributed by atoms with E-state index >= 15 is 0 Å². The minimum Gasteiger partial charge on any atom is -0.480 e. The molecule has 0 fully saturated rings. The van der Waals surface area contributed by atoms with Gasteiger partial charge in [0, 0.05) is 6.54 Å². The Hall–Kier alpha value is -2.87. The molecule has 0 spiro atoms. The molecular formula is C22H32N2O6. The number of aliphatic carboxylic acids is 1. The van der Waals surface area contributed by atoms with Crippen molar-refractivity contribution in [1.29, 1.82) is 0 Å². The molecule has 8 heteroatoms. The van der Waals surface area contributed by atoms with E-state index in [1.54, 1.807) is 0 Å². The van der Waals surface area contributed by atoms with Gasteiger partial charge in [0.15, 0.2) is 0 Å². The van der Waals surface area contributed by atoms with Crippen molar-refractivity contribution in [2.24, 2.45) is 0 Å². The molecule has 1 aromatic rings. The van der Waals surface area contributed by atoms with Crippen LogP contribution in [0.15, 0.2) is 43.0 Å². The van der Waals surface area contributed by atoms with Crippen molar-refractivity contribution >= 4 is 18.0 Å². The van der Waals surface area contributed by atoms with E-state index in [1.165, 1.54) is 0 Å². The van der Waals surface area contributed by atoms with Crippen molar-refractivity contribution in [1.82, 2.24) is 10.6 Å². The number of hydrogen-bond donors (Lipinski definition) is 4.